The van der Waals surface area contributed by atoms with Gasteiger partial charge in [-0.15, -0.1) is 11.3 Å². The van der Waals surface area contributed by atoms with Crippen LogP contribution in [-0.2, 0) is 48.0 Å². The number of anilines is 1. The van der Waals surface area contributed by atoms with Crippen LogP contribution in [0, 0.1) is 16.7 Å². The van der Waals surface area contributed by atoms with Gasteiger partial charge < -0.3 is 34.5 Å². The van der Waals surface area contributed by atoms with E-state index in [1.54, 1.807) is 12.1 Å². The Morgan fingerprint density at radius 3 is 2.58 bits per heavy atom. The third kappa shape index (κ3) is 11.2. The highest BCUT2D eigenvalue weighted by Crippen LogP contribution is 2.45. The number of benzene rings is 1. The number of ether oxygens (including phenoxy) is 2. The first-order chi connectivity index (χ1) is 36.7. The first-order valence-corrected chi connectivity index (χ1v) is 28.6. The maximum absolute atomic E-state index is 15.1. The van der Waals surface area contributed by atoms with E-state index < -0.39 is 48.1 Å². The first kappa shape index (κ1) is 53.8. The van der Waals surface area contributed by atoms with Crippen molar-refractivity contribution in [2.24, 2.45) is 16.7 Å². The van der Waals surface area contributed by atoms with Gasteiger partial charge in [0.15, 0.2) is 0 Å². The van der Waals surface area contributed by atoms with Crippen LogP contribution in [0.15, 0.2) is 35.8 Å². The highest BCUT2D eigenvalue weighted by molar-refractivity contribution is 7.10. The number of nitrogens with zero attached hydrogens (tertiary/aromatic N) is 8. The zero-order valence-electron chi connectivity index (χ0n) is 45.2. The number of halogens is 3. The molecule has 416 valence electrons. The fourth-order valence-corrected chi connectivity index (χ4v) is 13.9. The van der Waals surface area contributed by atoms with Gasteiger partial charge in [0.2, 0.25) is 11.8 Å². The number of nitrogens with one attached hydrogen (secondary N) is 3. The summed E-state index contributed by atoms with van der Waals surface area (Å²) in [4.78, 5) is 75.8. The number of pyridine rings is 1. The van der Waals surface area contributed by atoms with Gasteiger partial charge in [0, 0.05) is 104 Å². The lowest BCUT2D eigenvalue weighted by Gasteiger charge is -2.44. The number of esters is 1. The van der Waals surface area contributed by atoms with Crippen LogP contribution >= 0.6 is 11.3 Å². The van der Waals surface area contributed by atoms with Crippen molar-refractivity contribution in [2.75, 3.05) is 90.2 Å². The van der Waals surface area contributed by atoms with Gasteiger partial charge in [-0.05, 0) is 74.2 Å². The van der Waals surface area contributed by atoms with Crippen LogP contribution in [0.4, 0.5) is 18.9 Å². The number of rotatable bonds is 9. The molecule has 6 fully saturated rings. The lowest BCUT2D eigenvalue weighted by atomic mass is 9.84. The SMILES string of the molecule is CC(C)c1ncc(N2CCN3CCOC[C@@H]3C2)cc1-c1c2c3cc(ccc3n1CC(F)(F)F)-c1csc(n1)C[C@H](NC(=O)[C@H](C(C)C)N1CC[C@]3(CCN(C(=O)[C@H]4CN4)C3)C1)C(=O)N1CCC[C@H](N1)C(=O)OCC(C)(C)C2. The molecule has 11 rings (SSSR count). The van der Waals surface area contributed by atoms with Crippen molar-refractivity contribution in [3.8, 4) is 22.5 Å². The van der Waals surface area contributed by atoms with Crippen LogP contribution in [0.2, 0.25) is 0 Å². The van der Waals surface area contributed by atoms with Crippen molar-refractivity contribution in [3.05, 3.63) is 52.1 Å². The molecule has 3 N–H and O–H groups in total. The molecule has 6 atom stereocenters. The van der Waals surface area contributed by atoms with Crippen molar-refractivity contribution in [1.82, 2.24) is 50.3 Å². The molecule has 3 aromatic heterocycles. The van der Waals surface area contributed by atoms with Crippen molar-refractivity contribution in [3.63, 3.8) is 0 Å². The summed E-state index contributed by atoms with van der Waals surface area (Å²) in [7, 11) is 0. The molecule has 3 amide bonds. The number of fused-ring (bicyclic) bond motifs is 7. The molecule has 17 nitrogen and oxygen atoms in total. The molecule has 7 aliphatic rings. The number of hydrogen-bond donors (Lipinski definition) is 3. The van der Waals surface area contributed by atoms with Crippen LogP contribution in [0.5, 0.6) is 0 Å². The zero-order valence-corrected chi connectivity index (χ0v) is 46.0. The molecule has 7 aliphatic heterocycles. The number of aromatic nitrogens is 3. The summed E-state index contributed by atoms with van der Waals surface area (Å²) in [6, 6.07) is 5.12. The van der Waals surface area contributed by atoms with Crippen molar-refractivity contribution < 1.29 is 41.8 Å². The molecule has 6 saturated heterocycles. The number of cyclic esters (lactones) is 1. The number of amides is 3. The average molecular weight is 1090 g/mol. The van der Waals surface area contributed by atoms with Crippen LogP contribution in [-0.4, -0.2) is 180 Å². The summed E-state index contributed by atoms with van der Waals surface area (Å²) < 4.78 is 58.8. The second kappa shape index (κ2) is 21.1. The molecule has 10 heterocycles. The van der Waals surface area contributed by atoms with Gasteiger partial charge in [0.05, 0.1) is 71.9 Å². The van der Waals surface area contributed by atoms with E-state index in [1.165, 1.54) is 20.9 Å². The summed E-state index contributed by atoms with van der Waals surface area (Å²) >= 11 is 1.35. The molecule has 0 radical (unpaired) electrons. The Balaban J connectivity index is 0.960. The minimum absolute atomic E-state index is 0.0549. The van der Waals surface area contributed by atoms with Crippen LogP contribution < -0.4 is 21.0 Å². The summed E-state index contributed by atoms with van der Waals surface area (Å²) in [5.41, 5.74) is 7.18. The highest BCUT2D eigenvalue weighted by atomic mass is 32.1. The van der Waals surface area contributed by atoms with Gasteiger partial charge >= 0.3 is 12.1 Å². The Labute approximate surface area is 452 Å². The molecule has 6 bridgehead atoms. The van der Waals surface area contributed by atoms with E-state index in [0.717, 1.165) is 38.2 Å². The second-order valence-corrected chi connectivity index (χ2v) is 25.2. The third-order valence-electron chi connectivity index (χ3n) is 17.1. The quantitative estimate of drug-likeness (QED) is 0.140. The van der Waals surface area contributed by atoms with E-state index in [9.17, 15) is 19.2 Å². The van der Waals surface area contributed by atoms with Gasteiger partial charge in [-0.2, -0.15) is 13.2 Å². The summed E-state index contributed by atoms with van der Waals surface area (Å²) in [6.07, 6.45) is 0.218. The Hall–Kier alpha value is -5.19. The van der Waals surface area contributed by atoms with E-state index in [4.69, 9.17) is 19.4 Å². The standard InChI is InChI=1S/C56H74F3N11O6S/c1-33(2)47-39(21-36(24-61-47)66-17-16-65-18-19-75-27-37(65)26-66)49-40-23-54(5,6)32-76-53(74)41-8-7-13-70(64-41)52(73)42(22-46-62-44(28-77-46)35-9-10-45(38(40)20-35)69(49)31-56(57,58)59)63-50(71)48(34(3)4)67-14-11-55(29-67)12-15-68(30-55)51(72)43-25-60-43/h9-10,20-21,24,28,33-34,37,41-43,48,60,64H,7-8,11-19,22-23,25-27,29-32H2,1-6H3,(H,63,71)/t37-,41-,42-,43+,48-,55-/m0/s1. The smallest absolute Gasteiger partial charge is 0.406 e. The predicted molar refractivity (Wildman–Crippen MR) is 287 cm³/mol. The maximum Gasteiger partial charge on any atom is 0.406 e. The fourth-order valence-electron chi connectivity index (χ4n) is 13.1. The Bertz CT molecular complexity index is 2900. The third-order valence-corrected chi connectivity index (χ3v) is 17.9. The Morgan fingerprint density at radius 2 is 1.82 bits per heavy atom. The number of hydrogen-bond acceptors (Lipinski definition) is 14. The number of likely N-dealkylation sites (tertiary alicyclic amines) is 2. The molecule has 1 spiro atoms. The van der Waals surface area contributed by atoms with Crippen LogP contribution in [0.1, 0.15) is 89.4 Å². The number of thiazole rings is 1. The first-order valence-electron chi connectivity index (χ1n) is 27.8. The number of morpholine rings is 1. The van der Waals surface area contributed by atoms with Gasteiger partial charge in [0.1, 0.15) is 18.6 Å². The zero-order chi connectivity index (χ0) is 54.1. The molecular formula is C56H74F3N11O6S. The summed E-state index contributed by atoms with van der Waals surface area (Å²) in [5.74, 6) is -1.32. The number of carbonyl (C=O) groups is 4. The number of piperazine rings is 1. The average Bonchev–Trinajstić information content (AvgIpc) is 3.64. The minimum atomic E-state index is -4.58. The normalized spacial score (nSPS) is 26.9. The molecule has 0 unspecified atom stereocenters. The van der Waals surface area contributed by atoms with Gasteiger partial charge in [0.25, 0.3) is 5.91 Å². The van der Waals surface area contributed by atoms with Crippen molar-refractivity contribution >= 4 is 51.6 Å². The largest absolute Gasteiger partial charge is 0.464 e. The molecular weight excluding hydrogens is 1010 g/mol. The van der Waals surface area contributed by atoms with Gasteiger partial charge in [-0.1, -0.05) is 47.6 Å². The molecule has 77 heavy (non-hydrogen) atoms. The molecule has 4 aromatic rings. The molecule has 0 saturated carbocycles. The Morgan fingerprint density at radius 1 is 1.01 bits per heavy atom. The van der Waals surface area contributed by atoms with Gasteiger partial charge in [-0.3, -0.25) is 39.0 Å². The fraction of sp³-hybridized carbons (Fsp3) is 0.643. The number of carbonyl (C=O) groups excluding carboxylic acids is 4. The lowest BCUT2D eigenvalue weighted by molar-refractivity contribution is -0.155. The van der Waals surface area contributed by atoms with E-state index in [0.29, 0.717) is 122 Å². The van der Waals surface area contributed by atoms with Crippen molar-refractivity contribution in [1.29, 1.82) is 0 Å². The van der Waals surface area contributed by atoms with E-state index in [2.05, 4.69) is 30.8 Å². The van der Waals surface area contributed by atoms with E-state index in [1.807, 2.05) is 70.2 Å². The number of alkyl halides is 3. The maximum atomic E-state index is 15.1. The lowest BCUT2D eigenvalue weighted by Crippen LogP contribution is -2.62. The molecule has 21 heteroatoms. The van der Waals surface area contributed by atoms with Crippen LogP contribution in [0.3, 0.4) is 0 Å². The minimum Gasteiger partial charge on any atom is -0.464 e. The highest BCUT2D eigenvalue weighted by Gasteiger charge is 2.50. The van der Waals surface area contributed by atoms with Crippen LogP contribution in [0.25, 0.3) is 33.4 Å². The monoisotopic (exact) mass is 1090 g/mol. The summed E-state index contributed by atoms with van der Waals surface area (Å²) in [5, 5.41) is 10.8. The Kier molecular flexibility index (Phi) is 14.8. The number of hydrazine groups is 1. The predicted octanol–water partition coefficient (Wildman–Crippen LogP) is 5.60. The van der Waals surface area contributed by atoms with E-state index in [-0.39, 0.29) is 60.6 Å². The topological polar surface area (TPSA) is 180 Å². The molecule has 1 aromatic carbocycles. The second-order valence-electron chi connectivity index (χ2n) is 24.3. The van der Waals surface area contributed by atoms with Gasteiger partial charge in [-0.25, -0.2) is 10.4 Å². The van der Waals surface area contributed by atoms with E-state index >= 15 is 13.2 Å². The summed E-state index contributed by atoms with van der Waals surface area (Å²) in [6.45, 7) is 18.8. The molecule has 0 aliphatic carbocycles. The van der Waals surface area contributed by atoms with Crippen molar-refractivity contribution in [2.45, 2.75) is 129 Å².